The van der Waals surface area contributed by atoms with E-state index in [1.54, 1.807) is 13.3 Å². The number of carbonyl (C=O) groups is 1. The van der Waals surface area contributed by atoms with Gasteiger partial charge in [0.1, 0.15) is 5.75 Å². The first-order chi connectivity index (χ1) is 17.7. The predicted octanol–water partition coefficient (Wildman–Crippen LogP) is 4.02. The first kappa shape index (κ1) is 23.6. The third-order valence-corrected chi connectivity index (χ3v) is 6.46. The van der Waals surface area contributed by atoms with Gasteiger partial charge in [-0.3, -0.25) is 4.79 Å². The van der Waals surface area contributed by atoms with Crippen molar-refractivity contribution in [3.8, 4) is 11.4 Å². The number of nitrogens with one attached hydrogen (secondary N) is 1. The molecule has 0 bridgehead atoms. The monoisotopic (exact) mass is 481 g/mol. The molecule has 0 aliphatic carbocycles. The first-order valence-corrected chi connectivity index (χ1v) is 12.2. The van der Waals surface area contributed by atoms with Crippen molar-refractivity contribution in [1.82, 2.24) is 19.8 Å². The molecule has 1 aliphatic heterocycles. The average molecular weight is 482 g/mol. The molecule has 1 amide bonds. The van der Waals surface area contributed by atoms with E-state index < -0.39 is 0 Å². The van der Waals surface area contributed by atoms with Crippen LogP contribution in [0, 0.1) is 0 Å². The summed E-state index contributed by atoms with van der Waals surface area (Å²) in [6.07, 6.45) is 5.56. The molecule has 0 saturated carbocycles. The van der Waals surface area contributed by atoms with Crippen LogP contribution in [0.25, 0.3) is 5.69 Å². The van der Waals surface area contributed by atoms with Crippen LogP contribution < -0.4 is 15.0 Å². The Morgan fingerprint density at radius 1 is 0.972 bits per heavy atom. The van der Waals surface area contributed by atoms with Crippen molar-refractivity contribution in [2.75, 3.05) is 31.6 Å². The quantitative estimate of drug-likeness (QED) is 0.391. The van der Waals surface area contributed by atoms with Gasteiger partial charge in [0, 0.05) is 56.5 Å². The van der Waals surface area contributed by atoms with Gasteiger partial charge < -0.3 is 24.4 Å². The lowest BCUT2D eigenvalue weighted by molar-refractivity contribution is -0.132. The van der Waals surface area contributed by atoms with Crippen LogP contribution in [0.5, 0.6) is 5.75 Å². The highest BCUT2D eigenvalue weighted by atomic mass is 16.5. The molecule has 3 aromatic carbocycles. The molecule has 1 fully saturated rings. The number of amides is 1. The molecule has 2 heterocycles. The molecule has 0 atom stereocenters. The number of aromatic nitrogens is 2. The zero-order valence-electron chi connectivity index (χ0n) is 20.5. The van der Waals surface area contributed by atoms with Gasteiger partial charge in [-0.05, 0) is 53.1 Å². The summed E-state index contributed by atoms with van der Waals surface area (Å²) in [5.41, 5.74) is 5.73. The molecule has 0 spiro atoms. The normalized spacial score (nSPS) is 13.6. The molecule has 36 heavy (non-hydrogen) atoms. The minimum Gasteiger partial charge on any atom is -0.497 e. The van der Waals surface area contributed by atoms with E-state index in [-0.39, 0.29) is 5.91 Å². The Bertz CT molecular complexity index is 1290. The molecule has 1 aliphatic rings. The van der Waals surface area contributed by atoms with Gasteiger partial charge in [0.15, 0.2) is 0 Å². The van der Waals surface area contributed by atoms with Gasteiger partial charge in [0.2, 0.25) is 5.91 Å². The Labute approximate surface area is 211 Å². The molecule has 5 rings (SSSR count). The Balaban J connectivity index is 1.39. The average Bonchev–Trinajstić information content (AvgIpc) is 3.46. The van der Waals surface area contributed by atoms with Crippen LogP contribution in [0.4, 0.5) is 5.69 Å². The van der Waals surface area contributed by atoms with Gasteiger partial charge in [-0.15, -0.1) is 0 Å². The number of nitrogens with zero attached hydrogens (tertiary/aromatic N) is 4. The van der Waals surface area contributed by atoms with E-state index in [1.165, 1.54) is 11.1 Å². The molecule has 1 saturated heterocycles. The minimum absolute atomic E-state index is 0.155. The van der Waals surface area contributed by atoms with Crippen molar-refractivity contribution in [3.63, 3.8) is 0 Å². The maximum Gasteiger partial charge on any atom is 0.236 e. The first-order valence-electron chi connectivity index (χ1n) is 12.2. The zero-order chi connectivity index (χ0) is 24.7. The SMILES string of the molecule is COc1cccc(CN(Cc2cccc(-n3ccnc3)c2)c2ccc(CN3CCNCC3=O)cc2)c1. The highest BCUT2D eigenvalue weighted by molar-refractivity contribution is 5.79. The van der Waals surface area contributed by atoms with Crippen molar-refractivity contribution in [3.05, 3.63) is 108 Å². The van der Waals surface area contributed by atoms with Crippen molar-refractivity contribution in [2.24, 2.45) is 0 Å². The van der Waals surface area contributed by atoms with Crippen LogP contribution in [-0.2, 0) is 24.4 Å². The number of rotatable bonds is 9. The molecular weight excluding hydrogens is 450 g/mol. The number of carbonyl (C=O) groups excluding carboxylic acids is 1. The number of imidazole rings is 1. The second kappa shape index (κ2) is 11.1. The third kappa shape index (κ3) is 5.75. The van der Waals surface area contributed by atoms with E-state index in [0.717, 1.165) is 48.9 Å². The van der Waals surface area contributed by atoms with E-state index in [0.29, 0.717) is 13.1 Å². The summed E-state index contributed by atoms with van der Waals surface area (Å²) in [4.78, 5) is 20.6. The second-order valence-electron chi connectivity index (χ2n) is 9.01. The molecule has 0 radical (unpaired) electrons. The van der Waals surface area contributed by atoms with Crippen LogP contribution in [-0.4, -0.2) is 47.1 Å². The number of hydrogen-bond donors (Lipinski definition) is 1. The minimum atomic E-state index is 0.155. The summed E-state index contributed by atoms with van der Waals surface area (Å²) < 4.78 is 7.47. The standard InChI is InChI=1S/C29H31N5O2/c1-36-28-7-3-5-25(17-28)21-34(20-24-4-2-6-27(16-24)33-15-13-31-22-33)26-10-8-23(9-11-26)19-32-14-12-30-18-29(32)35/h2-11,13,15-17,22,30H,12,14,18-21H2,1H3. The molecule has 184 valence electrons. The Morgan fingerprint density at radius 2 is 1.75 bits per heavy atom. The Hall–Kier alpha value is -4.10. The second-order valence-corrected chi connectivity index (χ2v) is 9.01. The molecule has 0 unspecified atom stereocenters. The van der Waals surface area contributed by atoms with Crippen LogP contribution >= 0.6 is 0 Å². The lowest BCUT2D eigenvalue weighted by Gasteiger charge is -2.28. The fourth-order valence-electron chi connectivity index (χ4n) is 4.52. The summed E-state index contributed by atoms with van der Waals surface area (Å²) in [6, 6.07) is 25.3. The fraction of sp³-hybridized carbons (Fsp3) is 0.241. The van der Waals surface area contributed by atoms with Gasteiger partial charge in [-0.2, -0.15) is 0 Å². The number of benzene rings is 3. The maximum atomic E-state index is 12.2. The third-order valence-electron chi connectivity index (χ3n) is 6.46. The van der Waals surface area contributed by atoms with Crippen molar-refractivity contribution in [1.29, 1.82) is 0 Å². The summed E-state index contributed by atoms with van der Waals surface area (Å²) >= 11 is 0. The van der Waals surface area contributed by atoms with Gasteiger partial charge in [-0.1, -0.05) is 36.4 Å². The van der Waals surface area contributed by atoms with E-state index in [1.807, 2.05) is 34.1 Å². The summed E-state index contributed by atoms with van der Waals surface area (Å²) in [5.74, 6) is 1.01. The van der Waals surface area contributed by atoms with Crippen molar-refractivity contribution in [2.45, 2.75) is 19.6 Å². The van der Waals surface area contributed by atoms with Crippen LogP contribution in [0.2, 0.25) is 0 Å². The van der Waals surface area contributed by atoms with E-state index in [4.69, 9.17) is 4.74 Å². The number of hydrogen-bond acceptors (Lipinski definition) is 5. The van der Waals surface area contributed by atoms with Crippen molar-refractivity contribution < 1.29 is 9.53 Å². The zero-order valence-corrected chi connectivity index (χ0v) is 20.5. The van der Waals surface area contributed by atoms with Crippen LogP contribution in [0.3, 0.4) is 0 Å². The highest BCUT2D eigenvalue weighted by Gasteiger charge is 2.18. The molecule has 1 aromatic heterocycles. The molecular formula is C29H31N5O2. The number of anilines is 1. The highest BCUT2D eigenvalue weighted by Crippen LogP contribution is 2.24. The molecule has 7 nitrogen and oxygen atoms in total. The molecule has 7 heteroatoms. The summed E-state index contributed by atoms with van der Waals surface area (Å²) in [7, 11) is 1.69. The number of ether oxygens (including phenoxy) is 1. The summed E-state index contributed by atoms with van der Waals surface area (Å²) in [6.45, 7) is 4.14. The van der Waals surface area contributed by atoms with Gasteiger partial charge in [-0.25, -0.2) is 4.98 Å². The molecule has 1 N–H and O–H groups in total. The topological polar surface area (TPSA) is 62.6 Å². The maximum absolute atomic E-state index is 12.2. The largest absolute Gasteiger partial charge is 0.497 e. The predicted molar refractivity (Wildman–Crippen MR) is 141 cm³/mol. The van der Waals surface area contributed by atoms with Gasteiger partial charge in [0.05, 0.1) is 20.0 Å². The van der Waals surface area contributed by atoms with E-state index >= 15 is 0 Å². The fourth-order valence-corrected chi connectivity index (χ4v) is 4.52. The Kier molecular flexibility index (Phi) is 7.28. The lowest BCUT2D eigenvalue weighted by atomic mass is 10.1. The van der Waals surface area contributed by atoms with Crippen LogP contribution in [0.15, 0.2) is 91.5 Å². The summed E-state index contributed by atoms with van der Waals surface area (Å²) in [5, 5.41) is 3.13. The van der Waals surface area contributed by atoms with Crippen molar-refractivity contribution >= 4 is 11.6 Å². The number of methoxy groups -OCH3 is 1. The Morgan fingerprint density at radius 3 is 2.47 bits per heavy atom. The lowest BCUT2D eigenvalue weighted by Crippen LogP contribution is -2.47. The van der Waals surface area contributed by atoms with Crippen LogP contribution in [0.1, 0.15) is 16.7 Å². The van der Waals surface area contributed by atoms with E-state index in [9.17, 15) is 4.79 Å². The smallest absolute Gasteiger partial charge is 0.236 e. The van der Waals surface area contributed by atoms with Gasteiger partial charge >= 0.3 is 0 Å². The van der Waals surface area contributed by atoms with Gasteiger partial charge in [0.25, 0.3) is 0 Å². The molecule has 4 aromatic rings. The van der Waals surface area contributed by atoms with E-state index in [2.05, 4.69) is 75.9 Å². The number of piperazine rings is 1.